The molecule has 0 heterocycles. The summed E-state index contributed by atoms with van der Waals surface area (Å²) in [4.78, 5) is 15.4. The summed E-state index contributed by atoms with van der Waals surface area (Å²) in [5.41, 5.74) is 0. The van der Waals surface area contributed by atoms with Crippen molar-refractivity contribution in [3.63, 3.8) is 0 Å². The second-order valence-electron chi connectivity index (χ2n) is 0.993. The summed E-state index contributed by atoms with van der Waals surface area (Å²) in [7, 11) is -10.2. The molecule has 6 N–H and O–H groups in total. The van der Waals surface area contributed by atoms with Gasteiger partial charge in [0.05, 0.1) is 0 Å². The monoisotopic (exact) mass is 219 g/mol. The number of hydrogen-bond donors (Lipinski definition) is 4. The van der Waals surface area contributed by atoms with E-state index in [2.05, 4.69) is 3.97 Å². The molecule has 0 aromatic heterocycles. The third-order valence-corrected chi connectivity index (χ3v) is 1.72. The van der Waals surface area contributed by atoms with Crippen LogP contribution in [0.3, 0.4) is 0 Å². The van der Waals surface area contributed by atoms with Gasteiger partial charge in [0.1, 0.15) is 0 Å². The van der Waals surface area contributed by atoms with Crippen LogP contribution < -0.4 is 6.15 Å². The Hall–Kier alpha value is 0.980. The molecule has 0 atom stereocenters. The van der Waals surface area contributed by atoms with Crippen molar-refractivity contribution in [2.45, 2.75) is 0 Å². The van der Waals surface area contributed by atoms with Crippen LogP contribution in [0.5, 0.6) is 0 Å². The topological polar surface area (TPSA) is 156 Å². The molecule has 0 aliphatic rings. The Morgan fingerprint density at radius 2 is 1.55 bits per heavy atom. The number of rotatable bonds is 2. The Bertz CT molecular complexity index is 225. The molecule has 8 nitrogen and oxygen atoms in total. The van der Waals surface area contributed by atoms with Crippen molar-refractivity contribution in [1.29, 1.82) is 0 Å². The fraction of sp³-hybridized carbons (Fsp3) is 0. The van der Waals surface area contributed by atoms with E-state index in [9.17, 15) is 13.0 Å². The summed E-state index contributed by atoms with van der Waals surface area (Å²) in [5.74, 6) is 0. The molecule has 0 aliphatic heterocycles. The Labute approximate surface area is 85.0 Å². The van der Waals surface area contributed by atoms with E-state index >= 15 is 0 Å². The van der Waals surface area contributed by atoms with Crippen LogP contribution in [0, 0.1) is 0 Å². The van der Waals surface area contributed by atoms with Crippen molar-refractivity contribution < 1.29 is 31.3 Å². The van der Waals surface area contributed by atoms with Gasteiger partial charge in [-0.1, -0.05) is 0 Å². The predicted octanol–water partition coefficient (Wildman–Crippen LogP) is -1.59. The Balaban J connectivity index is -0.000000320. The number of phosphoric acid groups is 1. The fourth-order valence-corrected chi connectivity index (χ4v) is 1.10. The molecular formula is H7NNaO7PS. The molecule has 0 rings (SSSR count). The SMILES string of the molecule is N.O=P(O)(O)OS(=O)(=O)O.[NaH]. The summed E-state index contributed by atoms with van der Waals surface area (Å²) < 4.78 is 39.0. The van der Waals surface area contributed by atoms with Crippen LogP contribution in [-0.2, 0) is 18.9 Å². The molecule has 0 amide bonds. The maximum atomic E-state index is 9.58. The van der Waals surface area contributed by atoms with Crippen LogP contribution in [0.15, 0.2) is 0 Å². The van der Waals surface area contributed by atoms with Crippen LogP contribution >= 0.6 is 7.82 Å². The molecule has 0 unspecified atom stereocenters. The van der Waals surface area contributed by atoms with Gasteiger partial charge in [-0.15, -0.1) is 3.97 Å². The van der Waals surface area contributed by atoms with Gasteiger partial charge < -0.3 is 15.9 Å². The maximum absolute atomic E-state index is 9.58. The average Bonchev–Trinajstić information content (AvgIpc) is 1.14. The van der Waals surface area contributed by atoms with Gasteiger partial charge in [-0.25, -0.2) is 4.57 Å². The van der Waals surface area contributed by atoms with Gasteiger partial charge in [-0.05, 0) is 0 Å². The predicted molar refractivity (Wildman–Crippen MR) is 36.8 cm³/mol. The van der Waals surface area contributed by atoms with E-state index in [1.165, 1.54) is 0 Å². The first-order valence-corrected chi connectivity index (χ1v) is 4.34. The Morgan fingerprint density at radius 1 is 1.27 bits per heavy atom. The molecule has 0 radical (unpaired) electrons. The third kappa shape index (κ3) is 18.2. The molecule has 0 spiro atoms. The van der Waals surface area contributed by atoms with Crippen molar-refractivity contribution in [1.82, 2.24) is 6.15 Å². The van der Waals surface area contributed by atoms with Crippen molar-refractivity contribution in [2.75, 3.05) is 0 Å². The first-order chi connectivity index (χ1) is 3.71. The molecule has 0 aliphatic carbocycles. The zero-order chi connectivity index (χ0) is 7.71. The van der Waals surface area contributed by atoms with Gasteiger partial charge in [-0.3, -0.25) is 4.55 Å². The summed E-state index contributed by atoms with van der Waals surface area (Å²) >= 11 is 0. The Kier molecular flexibility index (Phi) is 9.11. The molecule has 0 aromatic carbocycles. The van der Waals surface area contributed by atoms with E-state index in [4.69, 9.17) is 14.3 Å². The van der Waals surface area contributed by atoms with E-state index in [0.29, 0.717) is 0 Å². The molecule has 66 valence electrons. The molecule has 0 saturated heterocycles. The summed E-state index contributed by atoms with van der Waals surface area (Å²) in [6.07, 6.45) is 0. The van der Waals surface area contributed by atoms with E-state index in [1.54, 1.807) is 0 Å². The summed E-state index contributed by atoms with van der Waals surface area (Å²) in [5, 5.41) is 0. The second-order valence-corrected chi connectivity index (χ2v) is 3.43. The molecular weight excluding hydrogens is 212 g/mol. The minimum absolute atomic E-state index is 0. The first-order valence-electron chi connectivity index (χ1n) is 1.45. The van der Waals surface area contributed by atoms with E-state index in [-0.39, 0.29) is 35.7 Å². The van der Waals surface area contributed by atoms with Crippen LogP contribution in [0.2, 0.25) is 0 Å². The van der Waals surface area contributed by atoms with Crippen LogP contribution in [0.4, 0.5) is 0 Å². The number of hydrogen-bond acceptors (Lipinski definition) is 5. The van der Waals surface area contributed by atoms with E-state index < -0.39 is 18.2 Å². The molecule has 0 fully saturated rings. The van der Waals surface area contributed by atoms with E-state index in [0.717, 1.165) is 0 Å². The van der Waals surface area contributed by atoms with Crippen LogP contribution in [0.1, 0.15) is 0 Å². The molecule has 11 heavy (non-hydrogen) atoms. The molecule has 0 saturated carbocycles. The second kappa shape index (κ2) is 5.60. The normalized spacial score (nSPS) is 11.2. The van der Waals surface area contributed by atoms with Gasteiger partial charge in [0.25, 0.3) is 0 Å². The van der Waals surface area contributed by atoms with Crippen LogP contribution in [-0.4, -0.2) is 52.3 Å². The zero-order valence-electron chi connectivity index (χ0n) is 4.54. The Morgan fingerprint density at radius 3 is 1.55 bits per heavy atom. The van der Waals surface area contributed by atoms with Gasteiger partial charge in [0.15, 0.2) is 0 Å². The van der Waals surface area contributed by atoms with Crippen molar-refractivity contribution >= 4 is 47.8 Å². The molecule has 0 bridgehead atoms. The summed E-state index contributed by atoms with van der Waals surface area (Å²) in [6.45, 7) is 0. The van der Waals surface area contributed by atoms with Gasteiger partial charge in [0.2, 0.25) is 0 Å². The van der Waals surface area contributed by atoms with Gasteiger partial charge in [0, 0.05) is 0 Å². The zero-order valence-corrected chi connectivity index (χ0v) is 6.25. The van der Waals surface area contributed by atoms with Crippen molar-refractivity contribution in [3.8, 4) is 0 Å². The fourth-order valence-electron chi connectivity index (χ4n) is 0.123. The van der Waals surface area contributed by atoms with E-state index in [1.807, 2.05) is 0 Å². The van der Waals surface area contributed by atoms with Crippen molar-refractivity contribution in [3.05, 3.63) is 0 Å². The minimum atomic E-state index is -5.13. The molecule has 11 heteroatoms. The van der Waals surface area contributed by atoms with Crippen molar-refractivity contribution in [2.24, 2.45) is 0 Å². The standard InChI is InChI=1S/H3N.Na.H3O7PS.H/c;;1-8(2,3)7-9(4,5)6;/h1H3;;(H2,1,2,3)(H,4,5,6);. The average molecular weight is 219 g/mol. The third-order valence-electron chi connectivity index (χ3n) is 0.191. The molecule has 0 aromatic rings. The van der Waals surface area contributed by atoms with Gasteiger partial charge >= 0.3 is 47.8 Å². The van der Waals surface area contributed by atoms with Crippen LogP contribution in [0.25, 0.3) is 0 Å². The van der Waals surface area contributed by atoms with Gasteiger partial charge in [-0.2, -0.15) is 8.42 Å². The quantitative estimate of drug-likeness (QED) is 0.246. The first kappa shape index (κ1) is 17.9. The summed E-state index contributed by atoms with van der Waals surface area (Å²) in [6, 6.07) is 0.